The summed E-state index contributed by atoms with van der Waals surface area (Å²) in [5.41, 5.74) is 1.31. The summed E-state index contributed by atoms with van der Waals surface area (Å²) in [5.74, 6) is 0.612. The van der Waals surface area contributed by atoms with Crippen LogP contribution in [0.15, 0.2) is 71.6 Å². The summed E-state index contributed by atoms with van der Waals surface area (Å²) < 4.78 is 37.4. The molecular weight excluding hydrogens is 478 g/mol. The van der Waals surface area contributed by atoms with E-state index in [1.54, 1.807) is 25.3 Å². The topological polar surface area (TPSA) is 132 Å². The maximum atomic E-state index is 12.5. The molecule has 2 aromatic carbocycles. The first-order valence-corrected chi connectivity index (χ1v) is 11.6. The van der Waals surface area contributed by atoms with Crippen molar-refractivity contribution in [1.82, 2.24) is 15.5 Å². The maximum Gasteiger partial charge on any atom is 0.263 e. The van der Waals surface area contributed by atoms with E-state index in [0.29, 0.717) is 5.69 Å². The van der Waals surface area contributed by atoms with Gasteiger partial charge in [0.15, 0.2) is 10.9 Å². The van der Waals surface area contributed by atoms with E-state index in [4.69, 9.17) is 21.7 Å². The fraction of sp³-hybridized carbons (Fsp3) is 0.0909. The lowest BCUT2D eigenvalue weighted by molar-refractivity contribution is -0.115. The molecule has 1 amide bonds. The predicted octanol–water partition coefficient (Wildman–Crippen LogP) is 2.82. The first-order valence-electron chi connectivity index (χ1n) is 9.74. The van der Waals surface area contributed by atoms with E-state index >= 15 is 0 Å². The highest BCUT2D eigenvalue weighted by atomic mass is 32.2. The molecule has 1 heterocycles. The summed E-state index contributed by atoms with van der Waals surface area (Å²) in [7, 11) is -0.869. The van der Waals surface area contributed by atoms with Gasteiger partial charge in [-0.2, -0.15) is 0 Å². The summed E-state index contributed by atoms with van der Waals surface area (Å²) >= 11 is 5.14. The van der Waals surface area contributed by atoms with Gasteiger partial charge in [-0.25, -0.2) is 8.42 Å². The van der Waals surface area contributed by atoms with Crippen molar-refractivity contribution in [2.75, 3.05) is 24.3 Å². The summed E-state index contributed by atoms with van der Waals surface area (Å²) in [6, 6.07) is 15.9. The van der Waals surface area contributed by atoms with Gasteiger partial charge in [0, 0.05) is 17.8 Å². The number of methoxy groups -OCH3 is 2. The first-order chi connectivity index (χ1) is 16.3. The second kappa shape index (κ2) is 11.2. The van der Waals surface area contributed by atoms with E-state index in [1.807, 2.05) is 12.1 Å². The maximum absolute atomic E-state index is 12.5. The number of amides is 1. The Morgan fingerprint density at radius 3 is 2.24 bits per heavy atom. The van der Waals surface area contributed by atoms with E-state index < -0.39 is 15.9 Å². The molecule has 10 nitrogen and oxygen atoms in total. The molecule has 0 saturated carbocycles. The van der Waals surface area contributed by atoms with Gasteiger partial charge in [0.2, 0.25) is 11.8 Å². The van der Waals surface area contributed by atoms with Crippen molar-refractivity contribution >= 4 is 50.8 Å². The molecule has 0 aliphatic heterocycles. The van der Waals surface area contributed by atoms with E-state index in [9.17, 15) is 13.2 Å². The Balaban J connectivity index is 1.54. The number of nitrogens with one attached hydrogen (secondary N) is 3. The second-order valence-electron chi connectivity index (χ2n) is 6.64. The van der Waals surface area contributed by atoms with E-state index in [2.05, 4.69) is 25.6 Å². The third-order valence-electron chi connectivity index (χ3n) is 4.29. The first kappa shape index (κ1) is 24.6. The molecule has 12 heteroatoms. The molecule has 3 aromatic rings. The molecule has 176 valence electrons. The van der Waals surface area contributed by atoms with Crippen LogP contribution in [0.2, 0.25) is 0 Å². The molecule has 0 saturated heterocycles. The van der Waals surface area contributed by atoms with Crippen LogP contribution >= 0.6 is 12.2 Å². The highest BCUT2D eigenvalue weighted by Crippen LogP contribution is 2.18. The molecular formula is C22H21N5O5S2. The zero-order valence-electron chi connectivity index (χ0n) is 18.2. The van der Waals surface area contributed by atoms with Gasteiger partial charge in [0.05, 0.1) is 19.1 Å². The molecule has 0 fully saturated rings. The highest BCUT2D eigenvalue weighted by molar-refractivity contribution is 7.92. The molecule has 0 aliphatic rings. The number of rotatable bonds is 8. The quantitative estimate of drug-likeness (QED) is 0.316. The van der Waals surface area contributed by atoms with Crippen molar-refractivity contribution in [3.8, 4) is 11.6 Å². The zero-order valence-corrected chi connectivity index (χ0v) is 19.8. The SMILES string of the molecule is COc1ccc(C=CC(=O)NC(=S)Nc2ccc(S(=O)(=O)Nc3ccc(OC)nn3)cc2)cc1. The van der Waals surface area contributed by atoms with Gasteiger partial charge in [-0.3, -0.25) is 14.8 Å². The van der Waals surface area contributed by atoms with Crippen LogP contribution in [0.1, 0.15) is 5.56 Å². The van der Waals surface area contributed by atoms with Crippen molar-refractivity contribution < 1.29 is 22.7 Å². The van der Waals surface area contributed by atoms with Crippen molar-refractivity contribution in [3.05, 3.63) is 72.3 Å². The number of carbonyl (C=O) groups excluding carboxylic acids is 1. The van der Waals surface area contributed by atoms with Crippen LogP contribution in [0.25, 0.3) is 6.08 Å². The lowest BCUT2D eigenvalue weighted by Gasteiger charge is -2.10. The van der Waals surface area contributed by atoms with Crippen LogP contribution in [0, 0.1) is 0 Å². The fourth-order valence-corrected chi connectivity index (χ4v) is 3.82. The van der Waals surface area contributed by atoms with Crippen LogP contribution in [-0.4, -0.2) is 43.9 Å². The Morgan fingerprint density at radius 1 is 0.941 bits per heavy atom. The normalized spacial score (nSPS) is 11.0. The number of anilines is 2. The number of hydrogen-bond acceptors (Lipinski definition) is 8. The summed E-state index contributed by atoms with van der Waals surface area (Å²) in [5, 5.41) is 12.9. The van der Waals surface area contributed by atoms with Gasteiger partial charge in [-0.1, -0.05) is 12.1 Å². The molecule has 0 aliphatic carbocycles. The van der Waals surface area contributed by atoms with Crippen LogP contribution in [0.3, 0.4) is 0 Å². The Morgan fingerprint density at radius 2 is 1.65 bits per heavy atom. The van der Waals surface area contributed by atoms with Crippen LogP contribution in [0.4, 0.5) is 11.5 Å². The van der Waals surface area contributed by atoms with Crippen molar-refractivity contribution in [2.24, 2.45) is 0 Å². The smallest absolute Gasteiger partial charge is 0.263 e. The van der Waals surface area contributed by atoms with Gasteiger partial charge < -0.3 is 14.8 Å². The van der Waals surface area contributed by atoms with Crippen LogP contribution in [-0.2, 0) is 14.8 Å². The molecule has 1 aromatic heterocycles. The molecule has 0 atom stereocenters. The van der Waals surface area contributed by atoms with Gasteiger partial charge in [-0.05, 0) is 66.3 Å². The summed E-state index contributed by atoms with van der Waals surface area (Å²) in [6.45, 7) is 0. The summed E-state index contributed by atoms with van der Waals surface area (Å²) in [6.07, 6.45) is 2.98. The number of hydrogen-bond donors (Lipinski definition) is 3. The minimum atomic E-state index is -3.88. The van der Waals surface area contributed by atoms with E-state index in [1.165, 1.54) is 49.6 Å². The third-order valence-corrected chi connectivity index (χ3v) is 5.87. The minimum Gasteiger partial charge on any atom is -0.497 e. The lowest BCUT2D eigenvalue weighted by atomic mass is 10.2. The third kappa shape index (κ3) is 6.98. The van der Waals surface area contributed by atoms with Crippen molar-refractivity contribution in [3.63, 3.8) is 0 Å². The van der Waals surface area contributed by atoms with Gasteiger partial charge in [-0.15, -0.1) is 10.2 Å². The van der Waals surface area contributed by atoms with Gasteiger partial charge in [0.25, 0.3) is 10.0 Å². The fourth-order valence-electron chi connectivity index (χ4n) is 2.60. The van der Waals surface area contributed by atoms with E-state index in [0.717, 1.165) is 11.3 Å². The molecule has 34 heavy (non-hydrogen) atoms. The number of ether oxygens (including phenoxy) is 2. The molecule has 3 N–H and O–H groups in total. The van der Waals surface area contributed by atoms with E-state index in [-0.39, 0.29) is 21.7 Å². The molecule has 0 spiro atoms. The lowest BCUT2D eigenvalue weighted by Crippen LogP contribution is -2.32. The second-order valence-corrected chi connectivity index (χ2v) is 8.73. The monoisotopic (exact) mass is 499 g/mol. The highest BCUT2D eigenvalue weighted by Gasteiger charge is 2.15. The number of carbonyl (C=O) groups is 1. The Bertz CT molecular complexity index is 1280. The van der Waals surface area contributed by atoms with Crippen molar-refractivity contribution in [2.45, 2.75) is 4.90 Å². The number of nitrogens with zero attached hydrogens (tertiary/aromatic N) is 2. The molecule has 0 unspecified atom stereocenters. The van der Waals surface area contributed by atoms with Crippen LogP contribution < -0.4 is 24.8 Å². The number of thiocarbonyl (C=S) groups is 1. The Hall–Kier alpha value is -4.03. The number of benzene rings is 2. The Labute approximate surface area is 202 Å². The van der Waals surface area contributed by atoms with Crippen LogP contribution in [0.5, 0.6) is 11.6 Å². The Kier molecular flexibility index (Phi) is 8.11. The molecule has 0 bridgehead atoms. The summed E-state index contributed by atoms with van der Waals surface area (Å²) in [4.78, 5) is 12.1. The number of sulfonamides is 1. The molecule has 0 radical (unpaired) electrons. The zero-order chi connectivity index (χ0) is 24.6. The van der Waals surface area contributed by atoms with Crippen molar-refractivity contribution in [1.29, 1.82) is 0 Å². The average molecular weight is 500 g/mol. The largest absolute Gasteiger partial charge is 0.497 e. The van der Waals surface area contributed by atoms with Gasteiger partial charge in [0.1, 0.15) is 5.75 Å². The van der Waals surface area contributed by atoms with Gasteiger partial charge >= 0.3 is 0 Å². The number of aromatic nitrogens is 2. The standard InChI is InChI=1S/C22H21N5O5S2/c1-31-17-8-3-15(4-9-17)5-13-20(28)24-22(33)23-16-6-10-18(11-7-16)34(29,30)27-19-12-14-21(32-2)26-25-19/h3-14H,1-2H3,(H,25,27)(H2,23,24,28,33). The minimum absolute atomic E-state index is 0.00745. The molecule has 3 rings (SSSR count). The average Bonchev–Trinajstić information content (AvgIpc) is 2.83. The predicted molar refractivity (Wildman–Crippen MR) is 132 cm³/mol.